The number of rotatable bonds is 0. The van der Waals surface area contributed by atoms with Gasteiger partial charge in [0.15, 0.2) is 0 Å². The van der Waals surface area contributed by atoms with Crippen LogP contribution < -0.4 is 11.1 Å². The Morgan fingerprint density at radius 2 is 1.36 bits per heavy atom. The van der Waals surface area contributed by atoms with E-state index in [9.17, 15) is 9.59 Å². The second kappa shape index (κ2) is 1.85. The molecule has 0 aliphatic carbocycles. The first-order valence-corrected chi connectivity index (χ1v) is 3.06. The Kier molecular flexibility index (Phi) is 1.00. The van der Waals surface area contributed by atoms with Gasteiger partial charge in [0, 0.05) is 12.4 Å². The topological polar surface area (TPSA) is 81.5 Å². The molecule has 0 aliphatic heterocycles. The summed E-state index contributed by atoms with van der Waals surface area (Å²) in [5, 5.41) is 5.20. The number of fused-ring (bicyclic) bond motifs is 1. The van der Waals surface area contributed by atoms with Crippen LogP contribution in [0.1, 0.15) is 0 Å². The predicted octanol–water partition coefficient (Wildman–Crippen LogP) is -0.456. The molecule has 2 rings (SSSR count). The molecule has 0 saturated carbocycles. The van der Waals surface area contributed by atoms with Crippen LogP contribution in [0.25, 0.3) is 10.8 Å². The molecular formula is C6H5N3O2. The van der Waals surface area contributed by atoms with Gasteiger partial charge in [-0.3, -0.25) is 19.8 Å². The Morgan fingerprint density at radius 3 is 1.82 bits per heavy atom. The van der Waals surface area contributed by atoms with E-state index in [-0.39, 0.29) is 11.1 Å². The van der Waals surface area contributed by atoms with E-state index in [2.05, 4.69) is 15.2 Å². The monoisotopic (exact) mass is 151 g/mol. The third-order valence-electron chi connectivity index (χ3n) is 1.52. The van der Waals surface area contributed by atoms with Crippen molar-refractivity contribution in [1.29, 1.82) is 0 Å². The SMILES string of the molecule is O=c1[nH][nH]c(=O)c2c[nH]cc12. The second-order valence-electron chi connectivity index (χ2n) is 2.19. The van der Waals surface area contributed by atoms with Crippen LogP contribution >= 0.6 is 0 Å². The summed E-state index contributed by atoms with van der Waals surface area (Å²) in [5.41, 5.74) is -0.582. The summed E-state index contributed by atoms with van der Waals surface area (Å²) in [6, 6.07) is 0. The Morgan fingerprint density at radius 1 is 0.909 bits per heavy atom. The van der Waals surface area contributed by atoms with Crippen molar-refractivity contribution in [2.45, 2.75) is 0 Å². The van der Waals surface area contributed by atoms with Gasteiger partial charge in [0.1, 0.15) is 0 Å². The highest BCUT2D eigenvalue weighted by Crippen LogP contribution is 1.98. The molecule has 0 aliphatic rings. The molecule has 0 amide bonds. The lowest BCUT2D eigenvalue weighted by atomic mass is 10.3. The van der Waals surface area contributed by atoms with Crippen LogP contribution in [0.5, 0.6) is 0 Å². The van der Waals surface area contributed by atoms with Crippen LogP contribution in [0.3, 0.4) is 0 Å². The molecule has 0 aromatic carbocycles. The minimum Gasteiger partial charge on any atom is -0.366 e. The molecule has 0 spiro atoms. The number of nitrogens with one attached hydrogen (secondary N) is 3. The van der Waals surface area contributed by atoms with Gasteiger partial charge in [-0.15, -0.1) is 0 Å². The standard InChI is InChI=1S/C6H5N3O2/c10-5-3-1-7-2-4(3)6(11)9-8-5/h1-2,7H,(H,8,10)(H,9,11). The zero-order chi connectivity index (χ0) is 7.84. The van der Waals surface area contributed by atoms with Crippen molar-refractivity contribution in [1.82, 2.24) is 15.2 Å². The van der Waals surface area contributed by atoms with Gasteiger partial charge in [0.25, 0.3) is 11.1 Å². The largest absolute Gasteiger partial charge is 0.366 e. The maximum atomic E-state index is 10.9. The highest BCUT2D eigenvalue weighted by Gasteiger charge is 2.00. The molecule has 0 atom stereocenters. The molecule has 0 unspecified atom stereocenters. The Balaban J connectivity index is 3.21. The third-order valence-corrected chi connectivity index (χ3v) is 1.52. The second-order valence-corrected chi connectivity index (χ2v) is 2.19. The predicted molar refractivity (Wildman–Crippen MR) is 39.5 cm³/mol. The maximum Gasteiger partial charge on any atom is 0.272 e. The average Bonchev–Trinajstić information content (AvgIpc) is 2.45. The van der Waals surface area contributed by atoms with Gasteiger partial charge in [0.05, 0.1) is 10.8 Å². The van der Waals surface area contributed by atoms with Gasteiger partial charge < -0.3 is 4.98 Å². The van der Waals surface area contributed by atoms with Crippen LogP contribution in [0.15, 0.2) is 22.0 Å². The Hall–Kier alpha value is -1.78. The summed E-state index contributed by atoms with van der Waals surface area (Å²) in [7, 11) is 0. The summed E-state index contributed by atoms with van der Waals surface area (Å²) in [6.45, 7) is 0. The third kappa shape index (κ3) is 0.706. The smallest absolute Gasteiger partial charge is 0.272 e. The van der Waals surface area contributed by atoms with Gasteiger partial charge in [-0.05, 0) is 0 Å². The van der Waals surface area contributed by atoms with Crippen LogP contribution in [-0.2, 0) is 0 Å². The number of aromatic nitrogens is 3. The van der Waals surface area contributed by atoms with Crippen molar-refractivity contribution in [3.63, 3.8) is 0 Å². The fourth-order valence-corrected chi connectivity index (χ4v) is 0.988. The van der Waals surface area contributed by atoms with E-state index >= 15 is 0 Å². The molecule has 56 valence electrons. The summed E-state index contributed by atoms with van der Waals surface area (Å²) < 4.78 is 0. The maximum absolute atomic E-state index is 10.9. The van der Waals surface area contributed by atoms with Crippen LogP contribution in [0, 0.1) is 0 Å². The molecule has 2 aromatic rings. The first kappa shape index (κ1) is 5.96. The van der Waals surface area contributed by atoms with Crippen LogP contribution in [0.2, 0.25) is 0 Å². The molecule has 2 heterocycles. The highest BCUT2D eigenvalue weighted by atomic mass is 16.1. The van der Waals surface area contributed by atoms with E-state index in [1.807, 2.05) is 0 Å². The summed E-state index contributed by atoms with van der Waals surface area (Å²) >= 11 is 0. The molecule has 0 bridgehead atoms. The molecule has 0 fully saturated rings. The summed E-state index contributed by atoms with van der Waals surface area (Å²) in [4.78, 5) is 24.6. The van der Waals surface area contributed by atoms with Crippen molar-refractivity contribution in [3.8, 4) is 0 Å². The van der Waals surface area contributed by atoms with E-state index in [4.69, 9.17) is 0 Å². The van der Waals surface area contributed by atoms with Crippen molar-refractivity contribution >= 4 is 10.8 Å². The van der Waals surface area contributed by atoms with Gasteiger partial charge in [-0.25, -0.2) is 0 Å². The van der Waals surface area contributed by atoms with Crippen molar-refractivity contribution in [2.75, 3.05) is 0 Å². The minimum absolute atomic E-state index is 0.291. The fourth-order valence-electron chi connectivity index (χ4n) is 0.988. The van der Waals surface area contributed by atoms with E-state index in [0.717, 1.165) is 0 Å². The summed E-state index contributed by atoms with van der Waals surface area (Å²) in [5.74, 6) is 0. The van der Waals surface area contributed by atoms with E-state index in [0.29, 0.717) is 10.8 Å². The van der Waals surface area contributed by atoms with Gasteiger partial charge in [-0.2, -0.15) is 0 Å². The molecule has 5 nitrogen and oxygen atoms in total. The van der Waals surface area contributed by atoms with Gasteiger partial charge in [-0.1, -0.05) is 0 Å². The number of hydrogen-bond acceptors (Lipinski definition) is 2. The van der Waals surface area contributed by atoms with Crippen molar-refractivity contribution in [2.24, 2.45) is 0 Å². The lowest BCUT2D eigenvalue weighted by Gasteiger charge is -1.84. The van der Waals surface area contributed by atoms with Crippen molar-refractivity contribution in [3.05, 3.63) is 33.1 Å². The molecule has 2 aromatic heterocycles. The van der Waals surface area contributed by atoms with E-state index in [1.54, 1.807) is 0 Å². The van der Waals surface area contributed by atoms with Gasteiger partial charge >= 0.3 is 0 Å². The highest BCUT2D eigenvalue weighted by molar-refractivity contribution is 5.79. The average molecular weight is 151 g/mol. The molecule has 5 heteroatoms. The molecule has 11 heavy (non-hydrogen) atoms. The fraction of sp³-hybridized carbons (Fsp3) is 0. The van der Waals surface area contributed by atoms with Crippen molar-refractivity contribution < 1.29 is 0 Å². The molecular weight excluding hydrogens is 146 g/mol. The Bertz CT molecular complexity index is 446. The molecule has 0 saturated heterocycles. The van der Waals surface area contributed by atoms with Crippen LogP contribution in [0.4, 0.5) is 0 Å². The summed E-state index contributed by atoms with van der Waals surface area (Å²) in [6.07, 6.45) is 2.98. The molecule has 3 N–H and O–H groups in total. The van der Waals surface area contributed by atoms with Crippen LogP contribution in [-0.4, -0.2) is 15.2 Å². The number of hydrogen-bond donors (Lipinski definition) is 3. The molecule has 0 radical (unpaired) electrons. The normalized spacial score (nSPS) is 10.5. The minimum atomic E-state index is -0.291. The first-order valence-electron chi connectivity index (χ1n) is 3.06. The lowest BCUT2D eigenvalue weighted by molar-refractivity contribution is 0.978. The van der Waals surface area contributed by atoms with E-state index < -0.39 is 0 Å². The van der Waals surface area contributed by atoms with E-state index in [1.165, 1.54) is 12.4 Å². The number of aromatic amines is 3. The van der Waals surface area contributed by atoms with Gasteiger partial charge in [0.2, 0.25) is 0 Å². The zero-order valence-electron chi connectivity index (χ0n) is 5.47. The lowest BCUT2D eigenvalue weighted by Crippen LogP contribution is -2.17. The first-order chi connectivity index (χ1) is 5.29. The zero-order valence-corrected chi connectivity index (χ0v) is 5.47. The quantitative estimate of drug-likeness (QED) is 0.476. The number of H-pyrrole nitrogens is 3. The Labute approximate surface area is 60.1 Å².